The normalized spacial score (nSPS) is 40.4. The van der Waals surface area contributed by atoms with Crippen molar-refractivity contribution < 1.29 is 15.3 Å². The van der Waals surface area contributed by atoms with Gasteiger partial charge in [-0.15, -0.1) is 0 Å². The summed E-state index contributed by atoms with van der Waals surface area (Å²) in [6.07, 6.45) is 14.2. The Morgan fingerprint density at radius 2 is 1.94 bits per heavy atom. The van der Waals surface area contributed by atoms with E-state index < -0.39 is 17.3 Å². The second kappa shape index (κ2) is 9.15. The van der Waals surface area contributed by atoms with Crippen LogP contribution in [0.4, 0.5) is 0 Å². The van der Waals surface area contributed by atoms with Crippen molar-refractivity contribution in [1.29, 1.82) is 0 Å². The molecule has 0 saturated heterocycles. The lowest BCUT2D eigenvalue weighted by Crippen LogP contribution is -2.37. The van der Waals surface area contributed by atoms with Crippen molar-refractivity contribution in [3.8, 4) is 0 Å². The van der Waals surface area contributed by atoms with Gasteiger partial charge < -0.3 is 15.3 Å². The van der Waals surface area contributed by atoms with Gasteiger partial charge in [0.2, 0.25) is 0 Å². The van der Waals surface area contributed by atoms with Crippen molar-refractivity contribution in [3.05, 3.63) is 35.5 Å². The molecule has 0 heterocycles. The molecule has 0 spiro atoms. The average Bonchev–Trinajstić information content (AvgIpc) is 2.99. The predicted octanol–water partition coefficient (Wildman–Crippen LogP) is 6.09. The minimum absolute atomic E-state index is 0.366. The minimum Gasteiger partial charge on any atom is -0.390 e. The summed E-state index contributed by atoms with van der Waals surface area (Å²) in [5, 5.41) is 30.8. The SMILES string of the molecule is C=C1/C(=C/C=C2/CCCC3(C)C2CCC3[C@@H](C)CCCC(C)(C)O)C[C@](C)(O)C[C@H]1O. The lowest BCUT2D eigenvalue weighted by molar-refractivity contribution is 0.00361. The Kier molecular flexibility index (Phi) is 7.30. The van der Waals surface area contributed by atoms with Crippen molar-refractivity contribution in [2.24, 2.45) is 23.2 Å². The van der Waals surface area contributed by atoms with Gasteiger partial charge in [0.1, 0.15) is 0 Å². The first kappa shape index (κ1) is 24.7. The van der Waals surface area contributed by atoms with E-state index in [0.717, 1.165) is 36.3 Å². The summed E-state index contributed by atoms with van der Waals surface area (Å²) in [7, 11) is 0. The van der Waals surface area contributed by atoms with Crippen LogP contribution < -0.4 is 0 Å². The fraction of sp³-hybridized carbons (Fsp3) is 0.786. The van der Waals surface area contributed by atoms with Gasteiger partial charge in [-0.1, -0.05) is 51.0 Å². The zero-order chi connectivity index (χ0) is 23.0. The van der Waals surface area contributed by atoms with Crippen molar-refractivity contribution in [2.45, 2.75) is 116 Å². The number of fused-ring (bicyclic) bond motifs is 1. The van der Waals surface area contributed by atoms with E-state index in [-0.39, 0.29) is 0 Å². The molecule has 31 heavy (non-hydrogen) atoms. The molecule has 3 N–H and O–H groups in total. The maximum atomic E-state index is 10.5. The van der Waals surface area contributed by atoms with E-state index in [4.69, 9.17) is 0 Å². The Morgan fingerprint density at radius 3 is 2.61 bits per heavy atom. The Labute approximate surface area is 190 Å². The zero-order valence-electron chi connectivity index (χ0n) is 20.6. The van der Waals surface area contributed by atoms with Gasteiger partial charge in [0.25, 0.3) is 0 Å². The Bertz CT molecular complexity index is 723. The summed E-state index contributed by atoms with van der Waals surface area (Å²) in [4.78, 5) is 0. The van der Waals surface area contributed by atoms with Crippen LogP contribution in [0.15, 0.2) is 35.5 Å². The fourth-order valence-electron chi connectivity index (χ4n) is 7.00. The lowest BCUT2D eigenvalue weighted by Gasteiger charge is -2.44. The van der Waals surface area contributed by atoms with Crippen LogP contribution in [0.5, 0.6) is 0 Å². The number of rotatable bonds is 6. The highest BCUT2D eigenvalue weighted by Gasteiger charge is 2.50. The molecular formula is C28H46O3. The minimum atomic E-state index is -0.858. The summed E-state index contributed by atoms with van der Waals surface area (Å²) < 4.78 is 0. The third-order valence-electron chi connectivity index (χ3n) is 8.69. The maximum Gasteiger partial charge on any atom is 0.0814 e. The Balaban J connectivity index is 1.72. The molecule has 6 atom stereocenters. The number of allylic oxidation sites excluding steroid dienone is 3. The molecule has 3 nitrogen and oxygen atoms in total. The first-order chi connectivity index (χ1) is 14.3. The summed E-state index contributed by atoms with van der Waals surface area (Å²) in [6.45, 7) is 14.7. The molecule has 3 unspecified atom stereocenters. The quantitative estimate of drug-likeness (QED) is 0.477. The monoisotopic (exact) mass is 430 g/mol. The zero-order valence-corrected chi connectivity index (χ0v) is 20.6. The molecule has 0 aromatic rings. The van der Waals surface area contributed by atoms with Crippen LogP contribution in [0.3, 0.4) is 0 Å². The molecule has 0 radical (unpaired) electrons. The topological polar surface area (TPSA) is 60.7 Å². The Hall–Kier alpha value is -0.900. The molecular weight excluding hydrogens is 384 g/mol. The van der Waals surface area contributed by atoms with Crippen LogP contribution in [0.1, 0.15) is 98.8 Å². The molecule has 3 aliphatic carbocycles. The van der Waals surface area contributed by atoms with Crippen LogP contribution in [-0.2, 0) is 0 Å². The third-order valence-corrected chi connectivity index (χ3v) is 8.69. The van der Waals surface area contributed by atoms with Gasteiger partial charge in [-0.3, -0.25) is 0 Å². The molecule has 0 aromatic carbocycles. The van der Waals surface area contributed by atoms with Crippen LogP contribution in [0, 0.1) is 23.2 Å². The fourth-order valence-corrected chi connectivity index (χ4v) is 7.00. The smallest absolute Gasteiger partial charge is 0.0814 e. The standard InChI is InChI=1S/C28H46O3/c1-19(9-7-15-26(3,4)30)23-13-14-24-21(10-8-16-28(23,24)6)11-12-22-17-27(5,31)18-25(29)20(22)2/h11-12,19,23-25,29-31H,2,7-10,13-18H2,1,3-6H3/b21-11-,22-12+/t19-,23?,24?,25+,27-,28?/m0/s1. The molecule has 0 amide bonds. The predicted molar refractivity (Wildman–Crippen MR) is 129 cm³/mol. The number of aliphatic hydroxyl groups excluding tert-OH is 1. The van der Waals surface area contributed by atoms with E-state index in [0.29, 0.717) is 30.1 Å². The largest absolute Gasteiger partial charge is 0.390 e. The van der Waals surface area contributed by atoms with Gasteiger partial charge >= 0.3 is 0 Å². The van der Waals surface area contributed by atoms with Crippen LogP contribution in [0.2, 0.25) is 0 Å². The van der Waals surface area contributed by atoms with Gasteiger partial charge in [-0.25, -0.2) is 0 Å². The molecule has 176 valence electrons. The highest BCUT2D eigenvalue weighted by molar-refractivity contribution is 5.39. The summed E-state index contributed by atoms with van der Waals surface area (Å²) in [6, 6.07) is 0. The van der Waals surface area contributed by atoms with E-state index in [1.54, 1.807) is 5.57 Å². The van der Waals surface area contributed by atoms with Crippen molar-refractivity contribution in [1.82, 2.24) is 0 Å². The van der Waals surface area contributed by atoms with Crippen molar-refractivity contribution in [3.63, 3.8) is 0 Å². The molecule has 0 bridgehead atoms. The highest BCUT2D eigenvalue weighted by Crippen LogP contribution is 2.60. The first-order valence-electron chi connectivity index (χ1n) is 12.5. The third kappa shape index (κ3) is 5.72. The molecule has 0 aromatic heterocycles. The second-order valence-electron chi connectivity index (χ2n) is 12.1. The van der Waals surface area contributed by atoms with E-state index in [2.05, 4.69) is 32.6 Å². The van der Waals surface area contributed by atoms with E-state index in [9.17, 15) is 15.3 Å². The van der Waals surface area contributed by atoms with Crippen molar-refractivity contribution >= 4 is 0 Å². The summed E-state index contributed by atoms with van der Waals surface area (Å²) >= 11 is 0. The molecule has 3 fully saturated rings. The van der Waals surface area contributed by atoms with E-state index in [1.807, 2.05) is 20.8 Å². The maximum absolute atomic E-state index is 10.5. The van der Waals surface area contributed by atoms with Gasteiger partial charge in [-0.05, 0) is 93.6 Å². The molecule has 3 heteroatoms. The highest BCUT2D eigenvalue weighted by atomic mass is 16.3. The number of aliphatic hydroxyl groups is 3. The lowest BCUT2D eigenvalue weighted by atomic mass is 9.60. The molecule has 3 rings (SSSR count). The van der Waals surface area contributed by atoms with Gasteiger partial charge in [-0.2, -0.15) is 0 Å². The van der Waals surface area contributed by atoms with Gasteiger partial charge in [0.05, 0.1) is 17.3 Å². The number of hydrogen-bond acceptors (Lipinski definition) is 3. The molecule has 3 saturated carbocycles. The molecule has 3 aliphatic rings. The van der Waals surface area contributed by atoms with Crippen LogP contribution >= 0.6 is 0 Å². The van der Waals surface area contributed by atoms with Crippen LogP contribution in [0.25, 0.3) is 0 Å². The van der Waals surface area contributed by atoms with E-state index in [1.165, 1.54) is 32.1 Å². The van der Waals surface area contributed by atoms with Gasteiger partial charge in [0, 0.05) is 12.8 Å². The average molecular weight is 431 g/mol. The number of hydrogen-bond donors (Lipinski definition) is 3. The summed E-state index contributed by atoms with van der Waals surface area (Å²) in [5.74, 6) is 2.09. The summed E-state index contributed by atoms with van der Waals surface area (Å²) in [5.41, 5.74) is 2.27. The van der Waals surface area contributed by atoms with Crippen molar-refractivity contribution in [2.75, 3.05) is 0 Å². The van der Waals surface area contributed by atoms with Crippen LogP contribution in [-0.4, -0.2) is 32.6 Å². The van der Waals surface area contributed by atoms with E-state index >= 15 is 0 Å². The van der Waals surface area contributed by atoms with Gasteiger partial charge in [0.15, 0.2) is 0 Å². The first-order valence-corrected chi connectivity index (χ1v) is 12.5. The molecule has 0 aliphatic heterocycles. The second-order valence-corrected chi connectivity index (χ2v) is 12.1. The Morgan fingerprint density at radius 1 is 1.23 bits per heavy atom.